The van der Waals surface area contributed by atoms with Gasteiger partial charge in [-0.05, 0) is 30.5 Å². The van der Waals surface area contributed by atoms with Crippen LogP contribution in [0.2, 0.25) is 10.0 Å². The van der Waals surface area contributed by atoms with Crippen molar-refractivity contribution in [3.05, 3.63) is 33.8 Å². The molecule has 0 unspecified atom stereocenters. The molecule has 3 N–H and O–H groups in total. The molecule has 0 aromatic heterocycles. The summed E-state index contributed by atoms with van der Waals surface area (Å²) >= 11 is 12.5. The zero-order chi connectivity index (χ0) is 14.0. The molecule has 1 aliphatic rings. The lowest BCUT2D eigenvalue weighted by molar-refractivity contribution is 0.539. The van der Waals surface area contributed by atoms with Crippen LogP contribution in [-0.4, -0.2) is 18.5 Å². The summed E-state index contributed by atoms with van der Waals surface area (Å²) in [7, 11) is 0. The zero-order valence-electron chi connectivity index (χ0n) is 11.6. The average molecular weight is 428 g/mol. The van der Waals surface area contributed by atoms with Crippen LogP contribution in [0.25, 0.3) is 0 Å². The van der Waals surface area contributed by atoms with Crippen molar-refractivity contribution in [2.45, 2.75) is 38.1 Å². The predicted molar refractivity (Wildman–Crippen MR) is 97.6 cm³/mol. The van der Waals surface area contributed by atoms with E-state index in [1.807, 2.05) is 18.2 Å². The molecule has 0 amide bonds. The minimum Gasteiger partial charge on any atom is -0.370 e. The fourth-order valence-corrected chi connectivity index (χ4v) is 2.90. The van der Waals surface area contributed by atoms with E-state index in [0.29, 0.717) is 28.6 Å². The highest BCUT2D eigenvalue weighted by atomic mass is 127. The van der Waals surface area contributed by atoms with Gasteiger partial charge in [0.1, 0.15) is 0 Å². The van der Waals surface area contributed by atoms with E-state index in [1.54, 1.807) is 0 Å². The van der Waals surface area contributed by atoms with Crippen LogP contribution in [0.4, 0.5) is 0 Å². The van der Waals surface area contributed by atoms with E-state index in [2.05, 4.69) is 24.2 Å². The van der Waals surface area contributed by atoms with Gasteiger partial charge in [-0.1, -0.05) is 43.1 Å². The first kappa shape index (κ1) is 17.9. The Morgan fingerprint density at radius 1 is 1.35 bits per heavy atom. The lowest BCUT2D eigenvalue weighted by Crippen LogP contribution is -2.35. The smallest absolute Gasteiger partial charge is 0.188 e. The number of nitrogens with one attached hydrogen (secondary N) is 1. The summed E-state index contributed by atoms with van der Waals surface area (Å²) < 4.78 is 0. The number of benzene rings is 1. The summed E-state index contributed by atoms with van der Waals surface area (Å²) in [5.74, 6) is 0.499. The molecule has 3 nitrogen and oxygen atoms in total. The van der Waals surface area contributed by atoms with Crippen molar-refractivity contribution in [3.8, 4) is 0 Å². The molecule has 1 saturated carbocycles. The van der Waals surface area contributed by atoms with Crippen molar-refractivity contribution >= 4 is 53.1 Å². The molecule has 2 rings (SSSR count). The monoisotopic (exact) mass is 427 g/mol. The number of hydrogen-bond acceptors (Lipinski definition) is 1. The molecule has 0 heterocycles. The van der Waals surface area contributed by atoms with Crippen LogP contribution < -0.4 is 11.1 Å². The number of nitrogens with zero attached hydrogens (tertiary/aromatic N) is 1. The number of hydrogen-bond donors (Lipinski definition) is 2. The molecule has 112 valence electrons. The van der Waals surface area contributed by atoms with Gasteiger partial charge < -0.3 is 11.1 Å². The second-order valence-corrected chi connectivity index (χ2v) is 6.42. The highest BCUT2D eigenvalue weighted by molar-refractivity contribution is 14.0. The topological polar surface area (TPSA) is 50.4 Å². The first-order valence-corrected chi connectivity index (χ1v) is 7.17. The predicted octanol–water partition coefficient (Wildman–Crippen LogP) is 3.96. The van der Waals surface area contributed by atoms with E-state index >= 15 is 0 Å². The van der Waals surface area contributed by atoms with E-state index < -0.39 is 0 Å². The van der Waals surface area contributed by atoms with E-state index in [1.165, 1.54) is 12.8 Å². The van der Waals surface area contributed by atoms with Crippen molar-refractivity contribution in [3.63, 3.8) is 0 Å². The van der Waals surface area contributed by atoms with Gasteiger partial charge in [0.15, 0.2) is 5.96 Å². The fraction of sp³-hybridized carbons (Fsp3) is 0.500. The first-order chi connectivity index (χ1) is 8.90. The molecule has 6 heteroatoms. The molecule has 1 aromatic carbocycles. The van der Waals surface area contributed by atoms with Crippen molar-refractivity contribution < 1.29 is 0 Å². The molecule has 0 spiro atoms. The Morgan fingerprint density at radius 3 is 2.40 bits per heavy atom. The minimum atomic E-state index is -0.259. The van der Waals surface area contributed by atoms with E-state index in [9.17, 15) is 0 Å². The molecule has 0 saturated heterocycles. The molecule has 0 aliphatic heterocycles. The SMILES string of the molecule is CC(C)(CN=C(N)NC1CC1)c1c(Cl)cccc1Cl.I. The van der Waals surface area contributed by atoms with Gasteiger partial charge in [0.05, 0.1) is 6.54 Å². The Morgan fingerprint density at radius 2 is 1.90 bits per heavy atom. The molecule has 1 fully saturated rings. The summed E-state index contributed by atoms with van der Waals surface area (Å²) in [5.41, 5.74) is 6.51. The van der Waals surface area contributed by atoms with Crippen molar-refractivity contribution in [1.29, 1.82) is 0 Å². The molecule has 0 radical (unpaired) electrons. The van der Waals surface area contributed by atoms with E-state index in [4.69, 9.17) is 28.9 Å². The lowest BCUT2D eigenvalue weighted by Gasteiger charge is -2.25. The third kappa shape index (κ3) is 4.67. The van der Waals surface area contributed by atoms with Crippen molar-refractivity contribution in [2.24, 2.45) is 10.7 Å². The van der Waals surface area contributed by atoms with Crippen LogP contribution in [0.15, 0.2) is 23.2 Å². The summed E-state index contributed by atoms with van der Waals surface area (Å²) in [6.07, 6.45) is 2.35. The van der Waals surface area contributed by atoms with Gasteiger partial charge >= 0.3 is 0 Å². The number of halogens is 3. The zero-order valence-corrected chi connectivity index (χ0v) is 15.5. The minimum absolute atomic E-state index is 0. The third-order valence-electron chi connectivity index (χ3n) is 3.21. The quantitative estimate of drug-likeness (QED) is 0.434. The maximum Gasteiger partial charge on any atom is 0.188 e. The van der Waals surface area contributed by atoms with Crippen molar-refractivity contribution in [2.75, 3.05) is 6.54 Å². The Labute approximate surface area is 147 Å². The average Bonchev–Trinajstić information content (AvgIpc) is 3.10. The molecule has 0 bridgehead atoms. The standard InChI is InChI=1S/C14H19Cl2N3.HI/c1-14(2,8-18-13(17)19-9-6-7-9)12-10(15)4-3-5-11(12)16;/h3-5,9H,6-8H2,1-2H3,(H3,17,18,19);1H. The van der Waals surface area contributed by atoms with E-state index in [-0.39, 0.29) is 29.4 Å². The molecule has 1 aromatic rings. The Hall–Kier alpha value is -0.200. The van der Waals surface area contributed by atoms with Crippen LogP contribution in [0.3, 0.4) is 0 Å². The molecule has 1 aliphatic carbocycles. The van der Waals surface area contributed by atoms with Gasteiger partial charge in [0, 0.05) is 21.5 Å². The van der Waals surface area contributed by atoms with Crippen LogP contribution in [-0.2, 0) is 5.41 Å². The highest BCUT2D eigenvalue weighted by Gasteiger charge is 2.26. The molecular weight excluding hydrogens is 408 g/mol. The molecule has 20 heavy (non-hydrogen) atoms. The summed E-state index contributed by atoms with van der Waals surface area (Å²) in [6.45, 7) is 4.67. The summed E-state index contributed by atoms with van der Waals surface area (Å²) in [6, 6.07) is 6.05. The normalized spacial score (nSPS) is 15.7. The second kappa shape index (κ2) is 7.18. The fourth-order valence-electron chi connectivity index (χ4n) is 1.99. The van der Waals surface area contributed by atoms with Crippen LogP contribution in [0, 0.1) is 0 Å². The van der Waals surface area contributed by atoms with Gasteiger partial charge in [-0.25, -0.2) is 0 Å². The van der Waals surface area contributed by atoms with Crippen LogP contribution in [0.5, 0.6) is 0 Å². The van der Waals surface area contributed by atoms with Gasteiger partial charge in [-0.15, -0.1) is 24.0 Å². The number of aliphatic imine (C=N–C) groups is 1. The lowest BCUT2D eigenvalue weighted by atomic mass is 9.84. The van der Waals surface area contributed by atoms with Crippen LogP contribution >= 0.6 is 47.2 Å². The summed E-state index contributed by atoms with van der Waals surface area (Å²) in [5, 5.41) is 4.50. The maximum absolute atomic E-state index is 6.24. The Kier molecular flexibility index (Phi) is 6.41. The summed E-state index contributed by atoms with van der Waals surface area (Å²) in [4.78, 5) is 4.40. The number of guanidine groups is 1. The maximum atomic E-state index is 6.24. The Balaban J connectivity index is 0.00000200. The van der Waals surface area contributed by atoms with Crippen LogP contribution in [0.1, 0.15) is 32.3 Å². The van der Waals surface area contributed by atoms with Crippen molar-refractivity contribution in [1.82, 2.24) is 5.32 Å². The van der Waals surface area contributed by atoms with Gasteiger partial charge in [0.2, 0.25) is 0 Å². The highest BCUT2D eigenvalue weighted by Crippen LogP contribution is 2.35. The largest absolute Gasteiger partial charge is 0.370 e. The second-order valence-electron chi connectivity index (χ2n) is 5.60. The molecule has 0 atom stereocenters. The first-order valence-electron chi connectivity index (χ1n) is 6.41. The van der Waals surface area contributed by atoms with Gasteiger partial charge in [-0.2, -0.15) is 0 Å². The third-order valence-corrected chi connectivity index (χ3v) is 3.84. The Bertz CT molecular complexity index is 479. The molecular formula is C14H20Cl2IN3. The van der Waals surface area contributed by atoms with Gasteiger partial charge in [0.25, 0.3) is 0 Å². The number of nitrogens with two attached hydrogens (primary N) is 1. The number of rotatable bonds is 4. The van der Waals surface area contributed by atoms with E-state index in [0.717, 1.165) is 5.56 Å². The van der Waals surface area contributed by atoms with Gasteiger partial charge in [-0.3, -0.25) is 4.99 Å².